The first-order valence-corrected chi connectivity index (χ1v) is 7.56. The predicted molar refractivity (Wildman–Crippen MR) is 80.2 cm³/mol. The fourth-order valence-corrected chi connectivity index (χ4v) is 3.32. The first kappa shape index (κ1) is 13.7. The van der Waals surface area contributed by atoms with E-state index >= 15 is 0 Å². The molecule has 3 nitrogen and oxygen atoms in total. The van der Waals surface area contributed by atoms with E-state index in [4.69, 9.17) is 10.7 Å². The van der Waals surface area contributed by atoms with Crippen LogP contribution in [0.4, 0.5) is 5.82 Å². The lowest BCUT2D eigenvalue weighted by Crippen LogP contribution is -2.28. The Morgan fingerprint density at radius 3 is 2.83 bits per heavy atom. The number of nitrogens with zero attached hydrogens (tertiary/aromatic N) is 2. The zero-order chi connectivity index (χ0) is 13.2. The average molecular weight is 265 g/mol. The van der Waals surface area contributed by atoms with Crippen LogP contribution in [-0.2, 0) is 6.54 Å². The Labute approximate surface area is 114 Å². The lowest BCUT2D eigenvalue weighted by molar-refractivity contribution is 0.634. The monoisotopic (exact) mass is 265 g/mol. The normalized spacial score (nSPS) is 19.7. The van der Waals surface area contributed by atoms with Crippen LogP contribution < -0.4 is 10.6 Å². The second kappa shape index (κ2) is 5.49. The van der Waals surface area contributed by atoms with Gasteiger partial charge in [-0.1, -0.05) is 19.9 Å². The minimum Gasteiger partial charge on any atom is -0.356 e. The highest BCUT2D eigenvalue weighted by Gasteiger charge is 2.24. The van der Waals surface area contributed by atoms with Gasteiger partial charge in [-0.25, -0.2) is 4.98 Å². The highest BCUT2D eigenvalue weighted by Crippen LogP contribution is 2.31. The van der Waals surface area contributed by atoms with E-state index in [9.17, 15) is 0 Å². The molecule has 100 valence electrons. The fourth-order valence-electron chi connectivity index (χ4n) is 2.22. The molecule has 4 heteroatoms. The maximum atomic E-state index is 5.68. The van der Waals surface area contributed by atoms with E-state index in [1.165, 1.54) is 12.2 Å². The molecule has 2 heterocycles. The predicted octanol–water partition coefficient (Wildman–Crippen LogP) is 2.57. The molecule has 0 atom stereocenters. The molecular formula is C14H23N3S. The number of hydrogen-bond acceptors (Lipinski definition) is 4. The molecule has 1 aliphatic rings. The van der Waals surface area contributed by atoms with Gasteiger partial charge in [-0.2, -0.15) is 11.8 Å². The highest BCUT2D eigenvalue weighted by molar-refractivity contribution is 8.00. The van der Waals surface area contributed by atoms with Crippen LogP contribution in [0, 0.1) is 6.92 Å². The molecule has 0 aliphatic carbocycles. The molecule has 0 aromatic carbocycles. The van der Waals surface area contributed by atoms with Crippen LogP contribution in [0.5, 0.6) is 0 Å². The number of thioether (sulfide) groups is 1. The van der Waals surface area contributed by atoms with Gasteiger partial charge < -0.3 is 10.6 Å². The van der Waals surface area contributed by atoms with E-state index in [2.05, 4.69) is 42.6 Å². The molecule has 0 amide bonds. The number of anilines is 1. The van der Waals surface area contributed by atoms with Gasteiger partial charge in [0.25, 0.3) is 0 Å². The van der Waals surface area contributed by atoms with Crippen molar-refractivity contribution in [3.05, 3.63) is 23.4 Å². The van der Waals surface area contributed by atoms with Crippen molar-refractivity contribution >= 4 is 17.6 Å². The molecule has 18 heavy (non-hydrogen) atoms. The van der Waals surface area contributed by atoms with Gasteiger partial charge in [0.15, 0.2) is 0 Å². The van der Waals surface area contributed by atoms with E-state index in [0.717, 1.165) is 30.2 Å². The van der Waals surface area contributed by atoms with Gasteiger partial charge in [0.2, 0.25) is 0 Å². The molecule has 1 aromatic heterocycles. The van der Waals surface area contributed by atoms with Gasteiger partial charge in [-0.05, 0) is 25.0 Å². The van der Waals surface area contributed by atoms with E-state index in [1.54, 1.807) is 0 Å². The zero-order valence-corrected chi connectivity index (χ0v) is 12.4. The summed E-state index contributed by atoms with van der Waals surface area (Å²) in [6.45, 7) is 9.45. The van der Waals surface area contributed by atoms with Crippen LogP contribution in [0.15, 0.2) is 12.1 Å². The van der Waals surface area contributed by atoms with Crippen LogP contribution >= 0.6 is 11.8 Å². The molecular weight excluding hydrogens is 242 g/mol. The standard InChI is InChI=1S/C14H23N3S/c1-11-12(10-15)4-5-13(16-11)17-7-6-14(2,3)18-9-8-17/h4-5H,6-10,15H2,1-3H3. The van der Waals surface area contributed by atoms with Crippen molar-refractivity contribution in [1.82, 2.24) is 4.98 Å². The third-order valence-corrected chi connectivity index (χ3v) is 4.93. The number of pyridine rings is 1. The number of aromatic nitrogens is 1. The smallest absolute Gasteiger partial charge is 0.128 e. The first-order chi connectivity index (χ1) is 8.52. The summed E-state index contributed by atoms with van der Waals surface area (Å²) in [7, 11) is 0. The maximum Gasteiger partial charge on any atom is 0.128 e. The highest BCUT2D eigenvalue weighted by atomic mass is 32.2. The van der Waals surface area contributed by atoms with Gasteiger partial charge in [-0.15, -0.1) is 0 Å². The van der Waals surface area contributed by atoms with Crippen LogP contribution in [0.3, 0.4) is 0 Å². The van der Waals surface area contributed by atoms with E-state index in [1.807, 2.05) is 6.92 Å². The maximum absolute atomic E-state index is 5.68. The van der Waals surface area contributed by atoms with Crippen molar-refractivity contribution in [2.24, 2.45) is 5.73 Å². The first-order valence-electron chi connectivity index (χ1n) is 6.57. The summed E-state index contributed by atoms with van der Waals surface area (Å²) in [4.78, 5) is 7.09. The molecule has 0 saturated carbocycles. The average Bonchev–Trinajstić information content (AvgIpc) is 2.50. The van der Waals surface area contributed by atoms with Gasteiger partial charge in [-0.3, -0.25) is 0 Å². The van der Waals surface area contributed by atoms with Gasteiger partial charge in [0, 0.05) is 35.8 Å². The molecule has 1 aliphatic heterocycles. The second-order valence-electron chi connectivity index (χ2n) is 5.46. The largest absolute Gasteiger partial charge is 0.356 e. The lowest BCUT2D eigenvalue weighted by atomic mass is 10.1. The van der Waals surface area contributed by atoms with Gasteiger partial charge in [0.1, 0.15) is 5.82 Å². The summed E-state index contributed by atoms with van der Waals surface area (Å²) in [5, 5.41) is 0. The number of rotatable bonds is 2. The van der Waals surface area contributed by atoms with Crippen LogP contribution in [0.2, 0.25) is 0 Å². The SMILES string of the molecule is Cc1nc(N2CCSC(C)(C)CC2)ccc1CN. The summed E-state index contributed by atoms with van der Waals surface area (Å²) in [6.07, 6.45) is 1.21. The quantitative estimate of drug-likeness (QED) is 0.892. The number of aryl methyl sites for hydroxylation is 1. The third kappa shape index (κ3) is 3.18. The molecule has 0 spiro atoms. The van der Waals surface area contributed by atoms with Gasteiger partial charge >= 0.3 is 0 Å². The van der Waals surface area contributed by atoms with Crippen molar-refractivity contribution in [2.75, 3.05) is 23.7 Å². The Balaban J connectivity index is 2.14. The van der Waals surface area contributed by atoms with Crippen molar-refractivity contribution in [3.8, 4) is 0 Å². The van der Waals surface area contributed by atoms with E-state index < -0.39 is 0 Å². The minimum atomic E-state index is 0.390. The van der Waals surface area contributed by atoms with Crippen molar-refractivity contribution in [1.29, 1.82) is 0 Å². The van der Waals surface area contributed by atoms with Crippen LogP contribution in [-0.4, -0.2) is 28.6 Å². The van der Waals surface area contributed by atoms with Crippen molar-refractivity contribution in [2.45, 2.75) is 38.5 Å². The van der Waals surface area contributed by atoms with E-state index in [0.29, 0.717) is 11.3 Å². The summed E-state index contributed by atoms with van der Waals surface area (Å²) in [5.41, 5.74) is 7.89. The Morgan fingerprint density at radius 2 is 2.17 bits per heavy atom. The number of nitrogens with two attached hydrogens (primary N) is 1. The van der Waals surface area contributed by atoms with Crippen molar-refractivity contribution < 1.29 is 0 Å². The van der Waals surface area contributed by atoms with Gasteiger partial charge in [0.05, 0.1) is 0 Å². The minimum absolute atomic E-state index is 0.390. The number of hydrogen-bond donors (Lipinski definition) is 1. The molecule has 0 bridgehead atoms. The Morgan fingerprint density at radius 1 is 1.39 bits per heavy atom. The molecule has 2 rings (SSSR count). The summed E-state index contributed by atoms with van der Waals surface area (Å²) in [6, 6.07) is 4.22. The fraction of sp³-hybridized carbons (Fsp3) is 0.643. The summed E-state index contributed by atoms with van der Waals surface area (Å²) >= 11 is 2.06. The molecule has 0 unspecified atom stereocenters. The third-order valence-electron chi connectivity index (χ3n) is 3.56. The van der Waals surface area contributed by atoms with Crippen LogP contribution in [0.1, 0.15) is 31.5 Å². The van der Waals surface area contributed by atoms with Crippen LogP contribution in [0.25, 0.3) is 0 Å². The second-order valence-corrected chi connectivity index (χ2v) is 7.27. The molecule has 0 radical (unpaired) electrons. The molecule has 1 fully saturated rings. The Hall–Kier alpha value is -0.740. The lowest BCUT2D eigenvalue weighted by Gasteiger charge is -2.24. The summed E-state index contributed by atoms with van der Waals surface area (Å²) < 4.78 is 0.390. The molecule has 1 aromatic rings. The molecule has 1 saturated heterocycles. The van der Waals surface area contributed by atoms with E-state index in [-0.39, 0.29) is 0 Å². The molecule has 2 N–H and O–H groups in total. The zero-order valence-electron chi connectivity index (χ0n) is 11.6. The Kier molecular flexibility index (Phi) is 4.17. The summed E-state index contributed by atoms with van der Waals surface area (Å²) in [5.74, 6) is 2.27. The Bertz CT molecular complexity index is 418. The van der Waals surface area contributed by atoms with Crippen molar-refractivity contribution in [3.63, 3.8) is 0 Å². The topological polar surface area (TPSA) is 42.2 Å².